The van der Waals surface area contributed by atoms with Gasteiger partial charge >= 0.3 is 5.97 Å². The fourth-order valence-corrected chi connectivity index (χ4v) is 4.18. The summed E-state index contributed by atoms with van der Waals surface area (Å²) in [6, 6.07) is 11.5. The number of hydrogen-bond acceptors (Lipinski definition) is 4. The van der Waals surface area contributed by atoms with Crippen LogP contribution in [0, 0.1) is 11.2 Å². The molecule has 0 saturated carbocycles. The molecule has 4 rings (SSSR count). The van der Waals surface area contributed by atoms with Gasteiger partial charge in [-0.25, -0.2) is 22.9 Å². The molecule has 0 bridgehead atoms. The molecule has 188 valence electrons. The van der Waals surface area contributed by atoms with Gasteiger partial charge in [-0.3, -0.25) is 0 Å². The number of hydrogen-bond donors (Lipinski definition) is 3. The molecule has 4 aromatic rings. The summed E-state index contributed by atoms with van der Waals surface area (Å²) >= 11 is 0. The summed E-state index contributed by atoms with van der Waals surface area (Å²) in [5, 5.41) is 17.5. The number of fused-ring (bicyclic) bond motifs is 1. The van der Waals surface area contributed by atoms with E-state index in [4.69, 9.17) is 11.1 Å². The largest absolute Gasteiger partial charge is 0.477 e. The van der Waals surface area contributed by atoms with E-state index in [1.54, 1.807) is 24.3 Å². The third-order valence-electron chi connectivity index (χ3n) is 5.62. The summed E-state index contributed by atoms with van der Waals surface area (Å²) in [5.74, 6) is -2.03. The minimum absolute atomic E-state index is 0.0802. The van der Waals surface area contributed by atoms with E-state index < -0.39 is 29.6 Å². The zero-order valence-corrected chi connectivity index (χ0v) is 20.3. The van der Waals surface area contributed by atoms with Crippen LogP contribution in [0.3, 0.4) is 0 Å². The Hall–Kier alpha value is -4.14. The number of aromatic nitrogens is 2. The Morgan fingerprint density at radius 3 is 2.28 bits per heavy atom. The molecule has 6 nitrogen and oxygen atoms in total. The Labute approximate surface area is 206 Å². The molecule has 0 fully saturated rings. The first kappa shape index (κ1) is 26.5. The molecule has 0 aliphatic heterocycles. The van der Waals surface area contributed by atoms with Gasteiger partial charge in [0.15, 0.2) is 0 Å². The van der Waals surface area contributed by atoms with E-state index in [0.29, 0.717) is 33.4 Å². The second kappa shape index (κ2) is 10.6. The van der Waals surface area contributed by atoms with Gasteiger partial charge in [-0.1, -0.05) is 27.7 Å². The number of benzene rings is 2. The average molecular weight is 497 g/mol. The smallest absolute Gasteiger partial charge is 0.354 e. The van der Waals surface area contributed by atoms with Crippen molar-refractivity contribution < 1.29 is 23.1 Å². The number of halogens is 3. The number of rotatable bonds is 6. The Morgan fingerprint density at radius 2 is 1.75 bits per heavy atom. The zero-order valence-electron chi connectivity index (χ0n) is 20.3. The number of nitrogens with zero attached hydrogens (tertiary/aromatic N) is 2. The van der Waals surface area contributed by atoms with Crippen LogP contribution in [0.15, 0.2) is 48.5 Å². The maximum absolute atomic E-state index is 14.1. The van der Waals surface area contributed by atoms with E-state index in [2.05, 4.69) is 4.98 Å². The van der Waals surface area contributed by atoms with Gasteiger partial charge in [0.05, 0.1) is 5.52 Å². The zero-order chi connectivity index (χ0) is 26.7. The van der Waals surface area contributed by atoms with E-state index in [0.717, 1.165) is 6.21 Å². The molecule has 0 spiro atoms. The maximum Gasteiger partial charge on any atom is 0.354 e. The average Bonchev–Trinajstić information content (AvgIpc) is 3.18. The lowest BCUT2D eigenvalue weighted by molar-refractivity contribution is 0.0689. The van der Waals surface area contributed by atoms with Crippen LogP contribution in [0.2, 0.25) is 0 Å². The van der Waals surface area contributed by atoms with Crippen molar-refractivity contribution in [3.8, 4) is 16.8 Å². The molecule has 0 unspecified atom stereocenters. The molecule has 0 aliphatic carbocycles. The molecule has 0 saturated heterocycles. The third kappa shape index (κ3) is 4.68. The summed E-state index contributed by atoms with van der Waals surface area (Å²) < 4.78 is 43.7. The van der Waals surface area contributed by atoms with Gasteiger partial charge in [-0.2, -0.15) is 0 Å². The van der Waals surface area contributed by atoms with Crippen molar-refractivity contribution >= 4 is 28.8 Å². The second-order valence-electron chi connectivity index (χ2n) is 8.10. The molecule has 0 aliphatic rings. The van der Waals surface area contributed by atoms with Crippen molar-refractivity contribution in [1.29, 1.82) is 5.41 Å². The maximum atomic E-state index is 14.1. The molecule has 9 heteroatoms. The summed E-state index contributed by atoms with van der Waals surface area (Å²) in [6.45, 7) is 7.78. The van der Waals surface area contributed by atoms with Crippen molar-refractivity contribution in [3.05, 3.63) is 77.0 Å². The minimum atomic E-state index is -3.03. The first-order chi connectivity index (χ1) is 17.1. The third-order valence-corrected chi connectivity index (χ3v) is 5.62. The number of carboxylic acid groups (broad SMARTS) is 1. The monoisotopic (exact) mass is 496 g/mol. The molecular weight excluding hydrogens is 469 g/mol. The van der Waals surface area contributed by atoms with Crippen LogP contribution < -0.4 is 5.73 Å². The summed E-state index contributed by atoms with van der Waals surface area (Å²) in [7, 11) is 0. The SMILES string of the molecule is CC.CC(C)c1c(-c2ccc(C(=O)O)nc2C(F)F)c2cc(N)c(C=N)cc2n1-c1ccc(F)cc1. The Bertz CT molecular complexity index is 1430. The van der Waals surface area contributed by atoms with Crippen LogP contribution >= 0.6 is 0 Å². The van der Waals surface area contributed by atoms with Gasteiger partial charge in [-0.05, 0) is 54.4 Å². The number of carboxylic acids is 1. The van der Waals surface area contributed by atoms with Crippen LogP contribution in [-0.4, -0.2) is 26.8 Å². The summed E-state index contributed by atoms with van der Waals surface area (Å²) in [4.78, 5) is 15.1. The second-order valence-corrected chi connectivity index (χ2v) is 8.10. The molecule has 36 heavy (non-hydrogen) atoms. The Balaban J connectivity index is 0.00000176. The number of nitrogens with two attached hydrogens (primary N) is 1. The van der Waals surface area contributed by atoms with Crippen LogP contribution in [0.5, 0.6) is 0 Å². The van der Waals surface area contributed by atoms with Gasteiger partial charge < -0.3 is 20.8 Å². The van der Waals surface area contributed by atoms with Crippen LogP contribution in [-0.2, 0) is 0 Å². The molecule has 2 aromatic heterocycles. The topological polar surface area (TPSA) is 105 Å². The normalized spacial score (nSPS) is 11.0. The van der Waals surface area contributed by atoms with Crippen molar-refractivity contribution in [2.24, 2.45) is 0 Å². The van der Waals surface area contributed by atoms with Gasteiger partial charge in [0.1, 0.15) is 17.2 Å². The highest BCUT2D eigenvalue weighted by Gasteiger charge is 2.28. The highest BCUT2D eigenvalue weighted by Crippen LogP contribution is 2.44. The molecule has 0 radical (unpaired) electrons. The van der Waals surface area contributed by atoms with Crippen molar-refractivity contribution in [3.63, 3.8) is 0 Å². The van der Waals surface area contributed by atoms with Gasteiger partial charge in [0.2, 0.25) is 0 Å². The summed E-state index contributed by atoms with van der Waals surface area (Å²) in [5.41, 5.74) is 8.04. The first-order valence-electron chi connectivity index (χ1n) is 11.4. The van der Waals surface area contributed by atoms with E-state index in [1.807, 2.05) is 32.3 Å². The van der Waals surface area contributed by atoms with Gasteiger partial charge in [-0.15, -0.1) is 0 Å². The number of aromatic carboxylic acids is 1. The molecular formula is C27H27F3N4O2. The van der Waals surface area contributed by atoms with Crippen molar-refractivity contribution in [1.82, 2.24) is 9.55 Å². The molecule has 2 heterocycles. The lowest BCUT2D eigenvalue weighted by Crippen LogP contribution is -2.07. The number of anilines is 1. The number of alkyl halides is 2. The minimum Gasteiger partial charge on any atom is -0.477 e. The predicted molar refractivity (Wildman–Crippen MR) is 136 cm³/mol. The van der Waals surface area contributed by atoms with Crippen LogP contribution in [0.25, 0.3) is 27.7 Å². The van der Waals surface area contributed by atoms with E-state index in [9.17, 15) is 23.1 Å². The first-order valence-corrected chi connectivity index (χ1v) is 11.4. The number of pyridine rings is 1. The Kier molecular flexibility index (Phi) is 7.82. The number of carbonyl (C=O) groups is 1. The molecule has 0 amide bonds. The van der Waals surface area contributed by atoms with Crippen molar-refractivity contribution in [2.75, 3.05) is 5.73 Å². The predicted octanol–water partition coefficient (Wildman–Crippen LogP) is 7.20. The highest BCUT2D eigenvalue weighted by atomic mass is 19.3. The van der Waals surface area contributed by atoms with Gasteiger partial charge in [0, 0.05) is 45.4 Å². The lowest BCUT2D eigenvalue weighted by Gasteiger charge is -2.17. The molecule has 2 aromatic carbocycles. The van der Waals surface area contributed by atoms with E-state index in [1.165, 1.54) is 24.3 Å². The van der Waals surface area contributed by atoms with Crippen LogP contribution in [0.4, 0.5) is 18.9 Å². The van der Waals surface area contributed by atoms with E-state index >= 15 is 0 Å². The lowest BCUT2D eigenvalue weighted by atomic mass is 9.94. The standard InChI is InChI=1S/C25H21F3N4O2.C2H6/c1-12(2)23-21(16-7-8-19(25(33)34)31-22(16)24(27)28)17-10-18(30)13(11-29)9-20(17)32(23)15-5-3-14(26)4-6-15;1-2/h3-12,24,29H,30H2,1-2H3,(H,33,34);1-2H3. The molecule has 4 N–H and O–H groups in total. The van der Waals surface area contributed by atoms with Gasteiger partial charge in [0.25, 0.3) is 6.43 Å². The highest BCUT2D eigenvalue weighted by molar-refractivity contribution is 6.05. The Morgan fingerprint density at radius 1 is 1.11 bits per heavy atom. The number of nitrogens with one attached hydrogen (secondary N) is 1. The van der Waals surface area contributed by atoms with E-state index in [-0.39, 0.29) is 17.2 Å². The number of nitrogen functional groups attached to an aromatic ring is 1. The summed E-state index contributed by atoms with van der Waals surface area (Å²) in [6.07, 6.45) is -1.93. The van der Waals surface area contributed by atoms with Crippen LogP contribution in [0.1, 0.15) is 67.5 Å². The quantitative estimate of drug-likeness (QED) is 0.194. The fraction of sp³-hybridized carbons (Fsp3) is 0.222. The van der Waals surface area contributed by atoms with Crippen molar-refractivity contribution in [2.45, 2.75) is 40.0 Å². The fourth-order valence-electron chi connectivity index (χ4n) is 4.18. The molecule has 0 atom stereocenters.